The molecule has 4 aliphatic carbocycles. The number of alkyl halides is 5. The predicted molar refractivity (Wildman–Crippen MR) is 162 cm³/mol. The maximum atomic E-state index is 13.6. The Morgan fingerprint density at radius 1 is 0.889 bits per heavy atom. The molecule has 1 atom stereocenters. The second-order valence-corrected chi connectivity index (χ2v) is 17.9. The molecule has 0 spiro atoms. The van der Waals surface area contributed by atoms with Crippen molar-refractivity contribution in [1.29, 1.82) is 0 Å². The third-order valence-corrected chi connectivity index (χ3v) is 14.0. The van der Waals surface area contributed by atoms with E-state index in [0.717, 1.165) is 30.2 Å². The van der Waals surface area contributed by atoms with E-state index in [1.165, 1.54) is 29.7 Å². The lowest BCUT2D eigenvalue weighted by molar-refractivity contribution is -0.266. The second-order valence-electron chi connectivity index (χ2n) is 13.6. The lowest BCUT2D eigenvalue weighted by atomic mass is 9.49. The normalized spacial score (nSPS) is 27.6. The molecule has 2 aromatic rings. The van der Waals surface area contributed by atoms with E-state index in [0.29, 0.717) is 5.78 Å². The van der Waals surface area contributed by atoms with E-state index in [4.69, 9.17) is 4.55 Å². The Hall–Kier alpha value is -2.25. The Labute approximate surface area is 262 Å². The minimum absolute atomic E-state index is 0.144. The number of rotatable bonds is 7. The highest BCUT2D eigenvalue weighted by atomic mass is 32.2. The van der Waals surface area contributed by atoms with Crippen LogP contribution in [-0.2, 0) is 30.5 Å². The van der Waals surface area contributed by atoms with E-state index in [-0.39, 0.29) is 52.7 Å². The van der Waals surface area contributed by atoms with E-state index in [9.17, 15) is 40.0 Å². The van der Waals surface area contributed by atoms with Crippen molar-refractivity contribution in [3.8, 4) is 0 Å². The molecular weight excluding hydrogens is 639 g/mol. The SMILES string of the molecule is CC(C)(C(=O)c1ccc2ccccc2c1)[S+]1CCCC1.O=C(OC(C(F)(F)F)C(F)(F)S(=O)(=O)O)C12CC3CC(CC(C3)C1)C2. The molecule has 6 nitrogen and oxygen atoms in total. The van der Waals surface area contributed by atoms with E-state index in [1.807, 2.05) is 18.2 Å². The van der Waals surface area contributed by atoms with Crippen molar-refractivity contribution in [2.75, 3.05) is 11.5 Å². The van der Waals surface area contributed by atoms with Gasteiger partial charge in [0.1, 0.15) is 11.5 Å². The van der Waals surface area contributed by atoms with Gasteiger partial charge in [-0.3, -0.25) is 14.1 Å². The first kappa shape index (κ1) is 34.1. The number of carbonyl (C=O) groups excluding carboxylic acids is 2. The summed E-state index contributed by atoms with van der Waals surface area (Å²) in [7, 11) is -6.17. The molecule has 5 aliphatic rings. The summed E-state index contributed by atoms with van der Waals surface area (Å²) < 4.78 is 99.7. The molecule has 1 heterocycles. The number of hydrogen-bond donors (Lipinski definition) is 1. The zero-order chi connectivity index (χ0) is 33.0. The molecule has 2 aromatic carbocycles. The van der Waals surface area contributed by atoms with Crippen LogP contribution in [0.4, 0.5) is 22.0 Å². The molecule has 1 unspecified atom stereocenters. The van der Waals surface area contributed by atoms with Crippen LogP contribution >= 0.6 is 0 Å². The van der Waals surface area contributed by atoms with Gasteiger partial charge < -0.3 is 4.74 Å². The first-order valence-electron chi connectivity index (χ1n) is 15.2. The minimum atomic E-state index is -6.42. The average Bonchev–Trinajstić information content (AvgIpc) is 3.50. The van der Waals surface area contributed by atoms with Crippen molar-refractivity contribution in [3.05, 3.63) is 48.0 Å². The van der Waals surface area contributed by atoms with Crippen molar-refractivity contribution >= 4 is 43.5 Å². The van der Waals surface area contributed by atoms with Gasteiger partial charge in [-0.05, 0) is 99.8 Å². The maximum Gasteiger partial charge on any atom is 0.432 e. The van der Waals surface area contributed by atoms with Gasteiger partial charge in [0.05, 0.1) is 5.41 Å². The molecule has 1 saturated heterocycles. The molecule has 0 amide bonds. The van der Waals surface area contributed by atoms with Crippen LogP contribution in [0.15, 0.2) is 42.5 Å². The molecular formula is C32H38F5O6S2+. The van der Waals surface area contributed by atoms with Gasteiger partial charge in [0.15, 0.2) is 4.75 Å². The number of hydrogen-bond acceptors (Lipinski definition) is 5. The molecule has 7 rings (SSSR count). The topological polar surface area (TPSA) is 97.7 Å². The minimum Gasteiger partial charge on any atom is -0.444 e. The fourth-order valence-corrected chi connectivity index (χ4v) is 11.2. The highest BCUT2D eigenvalue weighted by Gasteiger charge is 2.67. The number of fused-ring (bicyclic) bond motifs is 1. The number of benzene rings is 2. The predicted octanol–water partition coefficient (Wildman–Crippen LogP) is 7.37. The van der Waals surface area contributed by atoms with E-state index in [1.54, 1.807) is 0 Å². The van der Waals surface area contributed by atoms with Gasteiger partial charge >= 0.3 is 27.5 Å². The third-order valence-electron chi connectivity index (χ3n) is 9.95. The van der Waals surface area contributed by atoms with Crippen LogP contribution in [0.1, 0.15) is 75.6 Å². The summed E-state index contributed by atoms with van der Waals surface area (Å²) in [6, 6.07) is 14.3. The van der Waals surface area contributed by atoms with Crippen molar-refractivity contribution < 1.29 is 49.2 Å². The molecule has 4 saturated carbocycles. The molecule has 248 valence electrons. The standard InChI is InChI=1S/C18H21OS.C14H17F5O5S/c1-18(2,20-11-5-6-12-20)17(19)16-10-9-14-7-3-4-8-15(14)13-16;15-13(16,17)10(14(18,19)25(21,22)23)24-11(20)12-4-7-1-8(5-12)3-9(2-7)6-12/h3-4,7-10,13H,5-6,11-12H2,1-2H3;7-10H,1-6H2,(H,21,22,23)/q+1;. The van der Waals surface area contributed by atoms with Gasteiger partial charge in [0.2, 0.25) is 5.78 Å². The number of carbonyl (C=O) groups is 2. The van der Waals surface area contributed by atoms with Crippen molar-refractivity contribution in [3.63, 3.8) is 0 Å². The van der Waals surface area contributed by atoms with Crippen LogP contribution in [0.2, 0.25) is 0 Å². The first-order valence-corrected chi connectivity index (χ1v) is 18.2. The lowest BCUT2D eigenvalue weighted by Crippen LogP contribution is -2.56. The summed E-state index contributed by atoms with van der Waals surface area (Å²) in [6.45, 7) is 4.28. The van der Waals surface area contributed by atoms with Crippen LogP contribution < -0.4 is 0 Å². The van der Waals surface area contributed by atoms with Gasteiger partial charge in [0.25, 0.3) is 6.10 Å². The Morgan fingerprint density at radius 3 is 1.89 bits per heavy atom. The zero-order valence-corrected chi connectivity index (χ0v) is 26.7. The number of halogens is 5. The van der Waals surface area contributed by atoms with Crippen LogP contribution in [0.25, 0.3) is 10.8 Å². The molecule has 13 heteroatoms. The lowest BCUT2D eigenvalue weighted by Gasteiger charge is -2.55. The van der Waals surface area contributed by atoms with Crippen molar-refractivity contribution in [1.82, 2.24) is 0 Å². The van der Waals surface area contributed by atoms with Crippen LogP contribution in [0.5, 0.6) is 0 Å². The van der Waals surface area contributed by atoms with Crippen LogP contribution in [0, 0.1) is 23.2 Å². The van der Waals surface area contributed by atoms with Crippen LogP contribution in [-0.4, -0.2) is 58.5 Å². The Kier molecular flexibility index (Phi) is 9.15. The molecule has 1 N–H and O–H groups in total. The van der Waals surface area contributed by atoms with Crippen LogP contribution in [0.3, 0.4) is 0 Å². The number of ketones is 1. The summed E-state index contributed by atoms with van der Waals surface area (Å²) in [6.07, 6.45) is -4.15. The van der Waals surface area contributed by atoms with E-state index < -0.39 is 39.0 Å². The van der Waals surface area contributed by atoms with Crippen molar-refractivity contribution in [2.45, 2.75) is 87.5 Å². The summed E-state index contributed by atoms with van der Waals surface area (Å²) in [5.74, 6) is 1.75. The highest BCUT2D eigenvalue weighted by Crippen LogP contribution is 2.60. The molecule has 5 fully saturated rings. The number of esters is 1. The summed E-state index contributed by atoms with van der Waals surface area (Å²) in [4.78, 5) is 25.3. The highest BCUT2D eigenvalue weighted by molar-refractivity contribution is 7.99. The summed E-state index contributed by atoms with van der Waals surface area (Å²) in [5.41, 5.74) is -0.402. The smallest absolute Gasteiger partial charge is 0.432 e. The Balaban J connectivity index is 0.000000182. The maximum absolute atomic E-state index is 13.6. The van der Waals surface area contributed by atoms with E-state index in [2.05, 4.69) is 42.8 Å². The Bertz CT molecular complexity index is 1510. The van der Waals surface area contributed by atoms with E-state index >= 15 is 0 Å². The summed E-state index contributed by atoms with van der Waals surface area (Å²) >= 11 is 0. The van der Waals surface area contributed by atoms with Gasteiger partial charge in [0, 0.05) is 16.5 Å². The number of ether oxygens (including phenoxy) is 1. The molecule has 0 radical (unpaired) electrons. The second kappa shape index (κ2) is 12.1. The largest absolute Gasteiger partial charge is 0.444 e. The molecule has 0 aromatic heterocycles. The molecule has 1 aliphatic heterocycles. The summed E-state index contributed by atoms with van der Waals surface area (Å²) in [5, 5.41) is -3.32. The zero-order valence-electron chi connectivity index (χ0n) is 25.1. The van der Waals surface area contributed by atoms with Gasteiger partial charge in [-0.25, -0.2) is 0 Å². The fraction of sp³-hybridized carbons (Fsp3) is 0.625. The fourth-order valence-electron chi connectivity index (χ4n) is 8.03. The third kappa shape index (κ3) is 6.76. The average molecular weight is 678 g/mol. The number of Topliss-reactive ketones (excluding diaryl/α,β-unsaturated/α-hetero) is 1. The van der Waals surface area contributed by atoms with Crippen molar-refractivity contribution in [2.24, 2.45) is 23.2 Å². The Morgan fingerprint density at radius 2 is 1.40 bits per heavy atom. The quantitative estimate of drug-likeness (QED) is 0.108. The van der Waals surface area contributed by atoms with Gasteiger partial charge in [-0.1, -0.05) is 36.4 Å². The molecule has 45 heavy (non-hydrogen) atoms. The molecule has 4 bridgehead atoms. The van der Waals surface area contributed by atoms with Gasteiger partial charge in [-0.15, -0.1) is 0 Å². The first-order chi connectivity index (χ1) is 20.8. The van der Waals surface area contributed by atoms with Gasteiger partial charge in [-0.2, -0.15) is 30.4 Å². The monoisotopic (exact) mass is 677 g/mol.